The number of rotatable bonds is 3. The van der Waals surface area contributed by atoms with E-state index in [4.69, 9.17) is 0 Å². The lowest BCUT2D eigenvalue weighted by Crippen LogP contribution is -2.16. The fourth-order valence-electron chi connectivity index (χ4n) is 10.2. The van der Waals surface area contributed by atoms with Crippen LogP contribution in [-0.4, -0.2) is 0 Å². The molecule has 2 aliphatic rings. The maximum Gasteiger partial charge on any atom is -0.00139 e. The lowest BCUT2D eigenvalue weighted by molar-refractivity contribution is 0.568. The third-order valence-corrected chi connectivity index (χ3v) is 13.9. The zero-order chi connectivity index (χ0) is 42.4. The molecule has 0 unspecified atom stereocenters. The number of fused-ring (bicyclic) bond motifs is 8. The van der Waals surface area contributed by atoms with Crippen LogP contribution in [0.5, 0.6) is 0 Å². The lowest BCUT2D eigenvalue weighted by atomic mass is 9.76. The highest BCUT2D eigenvalue weighted by atomic mass is 14.3. The maximum atomic E-state index is 2.59. The molecule has 8 aromatic rings. The molecule has 10 rings (SSSR count). The van der Waals surface area contributed by atoms with Gasteiger partial charge in [-0.3, -0.25) is 0 Å². The Hall–Kier alpha value is -5.46. The standard InChI is InChI=1S/C60H60/c1-14-34-19-20-41-44-21-22-46-49-32-51-52(33-50(49)47-24-23-45(48(41)25-34)55(44)56(46)47)54(36-28-39(59(8,9)10)31-40(29-36)60(11,12)13)43-18-16-15-17-42(43)53(51)35-26-37(57(2,3)4)30-38(27-35)58(5,6)7/h15-33H,14H2,1-13H3. The molecule has 8 aromatic carbocycles. The molecule has 0 saturated carbocycles. The van der Waals surface area contributed by atoms with Gasteiger partial charge in [-0.25, -0.2) is 0 Å². The van der Waals surface area contributed by atoms with Crippen molar-refractivity contribution < 1.29 is 0 Å². The van der Waals surface area contributed by atoms with E-state index in [0.29, 0.717) is 0 Å². The molecular weight excluding hydrogens is 721 g/mol. The van der Waals surface area contributed by atoms with Gasteiger partial charge in [-0.15, -0.1) is 0 Å². The van der Waals surface area contributed by atoms with E-state index < -0.39 is 0 Å². The highest BCUT2D eigenvalue weighted by Gasteiger charge is 2.32. The summed E-state index contributed by atoms with van der Waals surface area (Å²) in [5, 5.41) is 8.09. The topological polar surface area (TPSA) is 0 Å². The van der Waals surface area contributed by atoms with E-state index >= 15 is 0 Å². The van der Waals surface area contributed by atoms with Gasteiger partial charge in [0.05, 0.1) is 0 Å². The van der Waals surface area contributed by atoms with Gasteiger partial charge in [0.15, 0.2) is 0 Å². The van der Waals surface area contributed by atoms with Crippen LogP contribution in [0.4, 0.5) is 0 Å². The summed E-state index contributed by atoms with van der Waals surface area (Å²) in [4.78, 5) is 0. The number of aryl methyl sites for hydroxylation is 1. The average Bonchev–Trinajstić information content (AvgIpc) is 3.68. The minimum atomic E-state index is -0.00595. The first kappa shape index (κ1) is 38.7. The molecule has 0 radical (unpaired) electrons. The van der Waals surface area contributed by atoms with Gasteiger partial charge < -0.3 is 0 Å². The summed E-state index contributed by atoms with van der Waals surface area (Å²) in [6.45, 7) is 30.5. The average molecular weight is 781 g/mol. The first-order valence-corrected chi connectivity index (χ1v) is 22.3. The summed E-state index contributed by atoms with van der Waals surface area (Å²) < 4.78 is 0. The van der Waals surface area contributed by atoms with Gasteiger partial charge in [-0.05, 0) is 167 Å². The van der Waals surface area contributed by atoms with E-state index in [9.17, 15) is 0 Å². The van der Waals surface area contributed by atoms with Crippen molar-refractivity contribution in [2.24, 2.45) is 0 Å². The summed E-state index contributed by atoms with van der Waals surface area (Å²) in [7, 11) is 0. The number of benzene rings is 8. The molecule has 0 nitrogen and oxygen atoms in total. The molecule has 0 bridgehead atoms. The predicted octanol–water partition coefficient (Wildman–Crippen LogP) is 17.5. The van der Waals surface area contributed by atoms with Crippen molar-refractivity contribution in [3.05, 3.63) is 143 Å². The molecular formula is C60H60. The fraction of sp³-hybridized carbons (Fsp3) is 0.300. The molecule has 0 heterocycles. The van der Waals surface area contributed by atoms with Crippen LogP contribution in [0.15, 0.2) is 115 Å². The van der Waals surface area contributed by atoms with Crippen LogP contribution in [0.2, 0.25) is 0 Å². The molecule has 300 valence electrons. The zero-order valence-electron chi connectivity index (χ0n) is 38.2. The van der Waals surface area contributed by atoms with Crippen molar-refractivity contribution in [1.82, 2.24) is 0 Å². The second-order valence-corrected chi connectivity index (χ2v) is 22.1. The summed E-state index contributed by atoms with van der Waals surface area (Å²) in [5.74, 6) is 0. The van der Waals surface area contributed by atoms with Gasteiger partial charge in [0.2, 0.25) is 0 Å². The van der Waals surface area contributed by atoms with E-state index in [1.165, 1.54) is 127 Å². The number of hydrogen-bond donors (Lipinski definition) is 0. The third-order valence-electron chi connectivity index (χ3n) is 13.9. The quantitative estimate of drug-likeness (QED) is 0.157. The molecule has 0 N–H and O–H groups in total. The molecule has 0 amide bonds. The first-order chi connectivity index (χ1) is 28.2. The van der Waals surface area contributed by atoms with Crippen LogP contribution in [0.25, 0.3) is 99.1 Å². The van der Waals surface area contributed by atoms with Crippen LogP contribution in [-0.2, 0) is 28.1 Å². The molecule has 0 atom stereocenters. The van der Waals surface area contributed by atoms with Gasteiger partial charge in [-0.2, -0.15) is 0 Å². The highest BCUT2D eigenvalue weighted by Crippen LogP contribution is 2.58. The van der Waals surface area contributed by atoms with E-state index in [-0.39, 0.29) is 21.7 Å². The minimum absolute atomic E-state index is 0.00595. The number of hydrogen-bond acceptors (Lipinski definition) is 0. The highest BCUT2D eigenvalue weighted by molar-refractivity contribution is 6.29. The molecule has 0 saturated heterocycles. The second kappa shape index (κ2) is 12.8. The van der Waals surface area contributed by atoms with Gasteiger partial charge >= 0.3 is 0 Å². The Labute approximate surface area is 358 Å². The third kappa shape index (κ3) is 5.84. The van der Waals surface area contributed by atoms with Crippen molar-refractivity contribution in [2.75, 3.05) is 0 Å². The predicted molar refractivity (Wildman–Crippen MR) is 263 cm³/mol. The van der Waals surface area contributed by atoms with Crippen LogP contribution in [0.3, 0.4) is 0 Å². The molecule has 0 heteroatoms. The summed E-state index contributed by atoms with van der Waals surface area (Å²) >= 11 is 0. The molecule has 0 aromatic heterocycles. The Bertz CT molecular complexity index is 2920. The maximum absolute atomic E-state index is 2.59. The van der Waals surface area contributed by atoms with Crippen molar-refractivity contribution >= 4 is 32.3 Å². The minimum Gasteiger partial charge on any atom is -0.0616 e. The Morgan fingerprint density at radius 3 is 1.00 bits per heavy atom. The van der Waals surface area contributed by atoms with Crippen molar-refractivity contribution in [2.45, 2.75) is 118 Å². The monoisotopic (exact) mass is 780 g/mol. The molecule has 2 aliphatic carbocycles. The fourth-order valence-corrected chi connectivity index (χ4v) is 10.2. The molecule has 0 aliphatic heterocycles. The van der Waals surface area contributed by atoms with E-state index in [0.717, 1.165) is 6.42 Å². The van der Waals surface area contributed by atoms with Crippen LogP contribution in [0, 0.1) is 0 Å². The van der Waals surface area contributed by atoms with Crippen molar-refractivity contribution in [1.29, 1.82) is 0 Å². The molecule has 0 fully saturated rings. The normalized spacial score (nSPS) is 13.5. The summed E-state index contributed by atoms with van der Waals surface area (Å²) in [5.41, 5.74) is 23.0. The Kier molecular flexibility index (Phi) is 8.25. The van der Waals surface area contributed by atoms with Gasteiger partial charge in [0.1, 0.15) is 0 Å². The van der Waals surface area contributed by atoms with E-state index in [1.54, 1.807) is 0 Å². The Morgan fingerprint density at radius 1 is 0.317 bits per heavy atom. The van der Waals surface area contributed by atoms with Gasteiger partial charge in [-0.1, -0.05) is 193 Å². The smallest absolute Gasteiger partial charge is 0.00139 e. The van der Waals surface area contributed by atoms with E-state index in [2.05, 4.69) is 205 Å². The summed E-state index contributed by atoms with van der Waals surface area (Å²) in [6.07, 6.45) is 1.04. The SMILES string of the molecule is CCc1ccc2c(c1)-c1ccc3c4c(ccc-2c14)-c1cc2c(-c4cc(C(C)(C)C)cc(C(C)(C)C)c4)c4ccccc4c(-c4cc(C(C)(C)C)cc(C(C)(C)C)c4)c2cc1-3. The van der Waals surface area contributed by atoms with Crippen molar-refractivity contribution in [3.63, 3.8) is 0 Å². The van der Waals surface area contributed by atoms with Crippen LogP contribution in [0.1, 0.15) is 118 Å². The summed E-state index contributed by atoms with van der Waals surface area (Å²) in [6, 6.07) is 46.1. The van der Waals surface area contributed by atoms with Crippen LogP contribution >= 0.6 is 0 Å². The molecule has 0 spiro atoms. The van der Waals surface area contributed by atoms with Crippen LogP contribution < -0.4 is 0 Å². The van der Waals surface area contributed by atoms with Crippen molar-refractivity contribution in [3.8, 4) is 66.8 Å². The molecule has 60 heavy (non-hydrogen) atoms. The lowest BCUT2D eigenvalue weighted by Gasteiger charge is -2.28. The zero-order valence-corrected chi connectivity index (χ0v) is 38.2. The largest absolute Gasteiger partial charge is 0.0616 e. The first-order valence-electron chi connectivity index (χ1n) is 22.3. The Morgan fingerprint density at radius 2 is 0.650 bits per heavy atom. The van der Waals surface area contributed by atoms with E-state index in [1.807, 2.05) is 0 Å². The van der Waals surface area contributed by atoms with Gasteiger partial charge in [0.25, 0.3) is 0 Å². The Balaban J connectivity index is 1.37. The van der Waals surface area contributed by atoms with Gasteiger partial charge in [0, 0.05) is 0 Å². The second-order valence-electron chi connectivity index (χ2n) is 22.1.